The van der Waals surface area contributed by atoms with Crippen molar-refractivity contribution in [3.05, 3.63) is 59.7 Å². The Morgan fingerprint density at radius 1 is 1.14 bits per heavy atom. The zero-order valence-corrected chi connectivity index (χ0v) is 16.3. The Kier molecular flexibility index (Phi) is 4.94. The predicted molar refractivity (Wildman–Crippen MR) is 111 cm³/mol. The van der Waals surface area contributed by atoms with Crippen LogP contribution < -0.4 is 16.0 Å². The normalized spacial score (nSPS) is 23.9. The molecule has 5 nitrogen and oxygen atoms in total. The van der Waals surface area contributed by atoms with Gasteiger partial charge in [0.15, 0.2) is 0 Å². The van der Waals surface area contributed by atoms with Gasteiger partial charge in [-0.1, -0.05) is 37.1 Å². The fourth-order valence-electron chi connectivity index (χ4n) is 4.45. The van der Waals surface area contributed by atoms with Crippen LogP contribution in [0.15, 0.2) is 48.5 Å². The molecule has 2 aromatic rings. The lowest BCUT2D eigenvalue weighted by Crippen LogP contribution is -2.51. The number of para-hydroxylation sites is 1. The average Bonchev–Trinajstić information content (AvgIpc) is 3.11. The molecule has 1 heterocycles. The van der Waals surface area contributed by atoms with Crippen LogP contribution in [0.4, 0.5) is 11.4 Å². The maximum atomic E-state index is 13.0. The summed E-state index contributed by atoms with van der Waals surface area (Å²) in [7, 11) is 0. The van der Waals surface area contributed by atoms with Gasteiger partial charge in [0.05, 0.1) is 5.92 Å². The van der Waals surface area contributed by atoms with E-state index in [0.717, 1.165) is 37.8 Å². The van der Waals surface area contributed by atoms with Crippen molar-refractivity contribution in [1.82, 2.24) is 0 Å². The Labute approximate surface area is 165 Å². The molecule has 4 rings (SSSR count). The van der Waals surface area contributed by atoms with Crippen molar-refractivity contribution in [1.29, 1.82) is 0 Å². The topological polar surface area (TPSA) is 75.4 Å². The molecule has 2 unspecified atom stereocenters. The molecular formula is C23H27N3O2. The molecule has 0 saturated heterocycles. The molecule has 2 aromatic carbocycles. The van der Waals surface area contributed by atoms with Crippen LogP contribution >= 0.6 is 0 Å². The third-order valence-electron chi connectivity index (χ3n) is 6.08. The zero-order valence-electron chi connectivity index (χ0n) is 16.3. The maximum Gasteiger partial charge on any atom is 0.258 e. The number of rotatable bonds is 3. The summed E-state index contributed by atoms with van der Waals surface area (Å²) < 4.78 is 0. The summed E-state index contributed by atoms with van der Waals surface area (Å²) >= 11 is 0. The van der Waals surface area contributed by atoms with Crippen LogP contribution in [-0.2, 0) is 11.2 Å². The number of benzene rings is 2. The van der Waals surface area contributed by atoms with Crippen LogP contribution in [0.25, 0.3) is 0 Å². The molecule has 0 bridgehead atoms. The molecule has 146 valence electrons. The molecule has 2 aliphatic rings. The van der Waals surface area contributed by atoms with Crippen molar-refractivity contribution in [2.24, 2.45) is 11.7 Å². The van der Waals surface area contributed by atoms with Gasteiger partial charge in [0.25, 0.3) is 5.91 Å². The fourth-order valence-corrected chi connectivity index (χ4v) is 4.45. The van der Waals surface area contributed by atoms with Crippen LogP contribution in [0.1, 0.15) is 48.5 Å². The number of nitrogens with zero attached hydrogens (tertiary/aromatic N) is 1. The largest absolute Gasteiger partial charge is 0.326 e. The Morgan fingerprint density at radius 3 is 2.79 bits per heavy atom. The highest BCUT2D eigenvalue weighted by Crippen LogP contribution is 2.33. The fraction of sp³-hybridized carbons (Fsp3) is 0.391. The summed E-state index contributed by atoms with van der Waals surface area (Å²) in [6, 6.07) is 15.2. The first-order valence-corrected chi connectivity index (χ1v) is 10.1. The van der Waals surface area contributed by atoms with Crippen molar-refractivity contribution in [2.75, 3.05) is 16.8 Å². The summed E-state index contributed by atoms with van der Waals surface area (Å²) in [4.78, 5) is 27.7. The second kappa shape index (κ2) is 7.40. The molecule has 0 radical (unpaired) electrons. The Balaban J connectivity index is 1.51. The van der Waals surface area contributed by atoms with Crippen LogP contribution in [0.5, 0.6) is 0 Å². The highest BCUT2D eigenvalue weighted by molar-refractivity contribution is 6.08. The van der Waals surface area contributed by atoms with Crippen LogP contribution in [0.2, 0.25) is 0 Å². The van der Waals surface area contributed by atoms with Crippen molar-refractivity contribution < 1.29 is 9.59 Å². The van der Waals surface area contributed by atoms with Crippen molar-refractivity contribution in [3.63, 3.8) is 0 Å². The van der Waals surface area contributed by atoms with E-state index in [9.17, 15) is 9.59 Å². The third-order valence-corrected chi connectivity index (χ3v) is 6.08. The number of carbonyl (C=O) groups excluding carboxylic acids is 2. The standard InChI is InChI=1S/C23H27N3O2/c1-23(24)13-5-4-10-19(23)21(27)25-18-9-6-8-17(15-18)22(28)26-14-12-16-7-2-3-11-20(16)26/h2-3,6-9,11,15,19H,4-5,10,12-14,24H2,1H3,(H,25,27). The summed E-state index contributed by atoms with van der Waals surface area (Å²) in [5.41, 5.74) is 9.27. The number of carbonyl (C=O) groups is 2. The number of fused-ring (bicyclic) bond motifs is 1. The molecule has 5 heteroatoms. The summed E-state index contributed by atoms with van der Waals surface area (Å²) in [5.74, 6) is -0.297. The number of hydrogen-bond acceptors (Lipinski definition) is 3. The van der Waals surface area contributed by atoms with Gasteiger partial charge >= 0.3 is 0 Å². The van der Waals surface area contributed by atoms with E-state index >= 15 is 0 Å². The molecule has 3 N–H and O–H groups in total. The lowest BCUT2D eigenvalue weighted by molar-refractivity contribution is -0.122. The van der Waals surface area contributed by atoms with Gasteiger partial charge in [-0.25, -0.2) is 0 Å². The van der Waals surface area contributed by atoms with Gasteiger partial charge in [0, 0.05) is 29.0 Å². The highest BCUT2D eigenvalue weighted by Gasteiger charge is 2.37. The molecule has 1 fully saturated rings. The number of anilines is 2. The number of nitrogens with one attached hydrogen (secondary N) is 1. The molecule has 1 saturated carbocycles. The van der Waals surface area contributed by atoms with Gasteiger partial charge in [-0.2, -0.15) is 0 Å². The van der Waals surface area contributed by atoms with Gasteiger partial charge in [-0.15, -0.1) is 0 Å². The smallest absolute Gasteiger partial charge is 0.258 e. The quantitative estimate of drug-likeness (QED) is 0.856. The summed E-state index contributed by atoms with van der Waals surface area (Å²) in [6.45, 7) is 2.64. The highest BCUT2D eigenvalue weighted by atomic mass is 16.2. The first kappa shape index (κ1) is 18.7. The van der Waals surface area contributed by atoms with E-state index in [1.807, 2.05) is 42.2 Å². The van der Waals surface area contributed by atoms with E-state index in [4.69, 9.17) is 5.73 Å². The molecule has 28 heavy (non-hydrogen) atoms. The summed E-state index contributed by atoms with van der Waals surface area (Å²) in [5, 5.41) is 2.98. The minimum Gasteiger partial charge on any atom is -0.326 e. The molecular weight excluding hydrogens is 350 g/mol. The van der Waals surface area contributed by atoms with E-state index in [1.54, 1.807) is 12.1 Å². The van der Waals surface area contributed by atoms with Crippen molar-refractivity contribution in [3.8, 4) is 0 Å². The second-order valence-corrected chi connectivity index (χ2v) is 8.21. The van der Waals surface area contributed by atoms with Crippen LogP contribution in [0.3, 0.4) is 0 Å². The van der Waals surface area contributed by atoms with E-state index in [1.165, 1.54) is 5.56 Å². The Morgan fingerprint density at radius 2 is 1.96 bits per heavy atom. The number of nitrogens with two attached hydrogens (primary N) is 1. The van der Waals surface area contributed by atoms with Crippen LogP contribution in [-0.4, -0.2) is 23.9 Å². The molecule has 1 aliphatic heterocycles. The predicted octanol–water partition coefficient (Wildman–Crippen LogP) is 3.74. The number of hydrogen-bond donors (Lipinski definition) is 2. The van der Waals surface area contributed by atoms with Gasteiger partial charge in [0.2, 0.25) is 5.91 Å². The minimum atomic E-state index is -0.477. The molecule has 0 spiro atoms. The maximum absolute atomic E-state index is 13.0. The van der Waals surface area contributed by atoms with E-state index in [-0.39, 0.29) is 17.7 Å². The van der Waals surface area contributed by atoms with Gasteiger partial charge < -0.3 is 16.0 Å². The lowest BCUT2D eigenvalue weighted by Gasteiger charge is -2.37. The number of amides is 2. The molecule has 0 aromatic heterocycles. The van der Waals surface area contributed by atoms with E-state index < -0.39 is 5.54 Å². The molecule has 2 amide bonds. The van der Waals surface area contributed by atoms with Crippen molar-refractivity contribution >= 4 is 23.2 Å². The Bertz CT molecular complexity index is 906. The lowest BCUT2D eigenvalue weighted by atomic mass is 9.74. The Hall–Kier alpha value is -2.66. The van der Waals surface area contributed by atoms with Gasteiger partial charge in [0.1, 0.15) is 0 Å². The minimum absolute atomic E-state index is 0.0395. The van der Waals surface area contributed by atoms with E-state index in [2.05, 4.69) is 11.4 Å². The second-order valence-electron chi connectivity index (χ2n) is 8.21. The summed E-state index contributed by atoms with van der Waals surface area (Å²) in [6.07, 6.45) is 4.63. The first-order valence-electron chi connectivity index (χ1n) is 10.1. The van der Waals surface area contributed by atoms with Gasteiger partial charge in [-0.3, -0.25) is 9.59 Å². The average molecular weight is 377 g/mol. The van der Waals surface area contributed by atoms with Gasteiger partial charge in [-0.05, 0) is 56.0 Å². The SMILES string of the molecule is CC1(N)CCCCC1C(=O)Nc1cccc(C(=O)N2CCc3ccccc32)c1. The monoisotopic (exact) mass is 377 g/mol. The van der Waals surface area contributed by atoms with E-state index in [0.29, 0.717) is 17.8 Å². The van der Waals surface area contributed by atoms with Crippen molar-refractivity contribution in [2.45, 2.75) is 44.6 Å². The zero-order chi connectivity index (χ0) is 19.7. The van der Waals surface area contributed by atoms with Crippen LogP contribution in [0, 0.1) is 5.92 Å². The third kappa shape index (κ3) is 3.54. The molecule has 1 aliphatic carbocycles. The first-order chi connectivity index (χ1) is 13.5. The molecule has 2 atom stereocenters.